The van der Waals surface area contributed by atoms with Crippen LogP contribution in [0.25, 0.3) is 0 Å². The number of non-ortho nitro benzene ring substituents is 1. The summed E-state index contributed by atoms with van der Waals surface area (Å²) < 4.78 is 0.966. The molecule has 4 nitrogen and oxygen atoms in total. The number of hydrogen-bond donors (Lipinski definition) is 1. The van der Waals surface area contributed by atoms with E-state index in [2.05, 4.69) is 15.9 Å². The molecule has 0 fully saturated rings. The summed E-state index contributed by atoms with van der Waals surface area (Å²) in [4.78, 5) is 12.0. The van der Waals surface area contributed by atoms with Crippen molar-refractivity contribution < 1.29 is 4.92 Å². The van der Waals surface area contributed by atoms with E-state index < -0.39 is 4.92 Å². The number of hydrogen-bond acceptors (Lipinski definition) is 4. The van der Waals surface area contributed by atoms with Gasteiger partial charge >= 0.3 is 0 Å². The largest absolute Gasteiger partial charge is 0.398 e. The molecule has 0 unspecified atom stereocenters. The van der Waals surface area contributed by atoms with Crippen molar-refractivity contribution in [3.8, 4) is 0 Å². The van der Waals surface area contributed by atoms with Crippen LogP contribution in [-0.4, -0.2) is 4.92 Å². The number of nitro benzene ring substituents is 1. The lowest BCUT2D eigenvalue weighted by Crippen LogP contribution is -1.93. The minimum absolute atomic E-state index is 0.00368. The number of nitrogens with two attached hydrogens (primary N) is 1. The summed E-state index contributed by atoms with van der Waals surface area (Å²) in [5, 5.41) is 10.6. The van der Waals surface area contributed by atoms with E-state index in [0.717, 1.165) is 14.3 Å². The minimum atomic E-state index is -0.455. The summed E-state index contributed by atoms with van der Waals surface area (Å²) in [6, 6.07) is 12.2. The number of halogens is 1. The van der Waals surface area contributed by atoms with Crippen LogP contribution in [-0.2, 0) is 0 Å². The average molecular weight is 325 g/mol. The summed E-state index contributed by atoms with van der Waals surface area (Å²) in [5.41, 5.74) is 6.23. The Labute approximate surface area is 116 Å². The van der Waals surface area contributed by atoms with Gasteiger partial charge in [0.05, 0.1) is 10.6 Å². The highest BCUT2D eigenvalue weighted by Gasteiger charge is 2.10. The lowest BCUT2D eigenvalue weighted by Gasteiger charge is -2.06. The first-order valence-electron chi connectivity index (χ1n) is 5.04. The van der Waals surface area contributed by atoms with E-state index in [0.29, 0.717) is 5.69 Å². The van der Waals surface area contributed by atoms with Crippen molar-refractivity contribution in [2.24, 2.45) is 0 Å². The van der Waals surface area contributed by atoms with Crippen LogP contribution in [0.5, 0.6) is 0 Å². The lowest BCUT2D eigenvalue weighted by atomic mass is 10.3. The fraction of sp³-hybridized carbons (Fsp3) is 0. The third-order valence-corrected chi connectivity index (χ3v) is 4.38. The molecule has 2 aromatic rings. The molecule has 2 aromatic carbocycles. The smallest absolute Gasteiger partial charge is 0.271 e. The Morgan fingerprint density at radius 2 is 1.89 bits per heavy atom. The van der Waals surface area contributed by atoms with Crippen LogP contribution in [0, 0.1) is 10.1 Å². The van der Waals surface area contributed by atoms with Crippen molar-refractivity contribution in [2.45, 2.75) is 9.79 Å². The second kappa shape index (κ2) is 5.41. The standard InChI is InChI=1S/C12H9BrN2O2S/c13-9-3-1-2-4-11(9)18-12-6-5-8(15(16)17)7-10(12)14/h1-7H,14H2. The van der Waals surface area contributed by atoms with Gasteiger partial charge < -0.3 is 5.73 Å². The first-order valence-corrected chi connectivity index (χ1v) is 6.65. The molecule has 2 rings (SSSR count). The summed E-state index contributed by atoms with van der Waals surface area (Å²) in [7, 11) is 0. The second-order valence-corrected chi connectivity index (χ2v) is 5.45. The Balaban J connectivity index is 2.30. The maximum Gasteiger partial charge on any atom is 0.271 e. The molecule has 0 bridgehead atoms. The maximum atomic E-state index is 10.6. The molecule has 0 aliphatic rings. The third kappa shape index (κ3) is 2.83. The number of rotatable bonds is 3. The van der Waals surface area contributed by atoms with Gasteiger partial charge in [-0.25, -0.2) is 0 Å². The van der Waals surface area contributed by atoms with Gasteiger partial charge in [0.2, 0.25) is 0 Å². The Morgan fingerprint density at radius 1 is 1.17 bits per heavy atom. The average Bonchev–Trinajstić information content (AvgIpc) is 2.34. The van der Waals surface area contributed by atoms with Crippen LogP contribution in [0.2, 0.25) is 0 Å². The van der Waals surface area contributed by atoms with Crippen LogP contribution in [0.15, 0.2) is 56.7 Å². The predicted molar refractivity (Wildman–Crippen MR) is 75.8 cm³/mol. The summed E-state index contributed by atoms with van der Waals surface area (Å²) in [5.74, 6) is 0. The zero-order valence-electron chi connectivity index (χ0n) is 9.17. The molecule has 6 heteroatoms. The molecule has 0 saturated heterocycles. The number of nitro groups is 1. The van der Waals surface area contributed by atoms with Gasteiger partial charge in [0.25, 0.3) is 5.69 Å². The van der Waals surface area contributed by atoms with E-state index in [-0.39, 0.29) is 5.69 Å². The van der Waals surface area contributed by atoms with Gasteiger partial charge in [-0.2, -0.15) is 0 Å². The number of benzene rings is 2. The molecule has 0 aliphatic heterocycles. The van der Waals surface area contributed by atoms with Crippen LogP contribution >= 0.6 is 27.7 Å². The predicted octanol–water partition coefficient (Wildman–Crippen LogP) is 4.09. The molecule has 0 atom stereocenters. The van der Waals surface area contributed by atoms with Gasteiger partial charge in [-0.05, 0) is 34.1 Å². The molecule has 0 heterocycles. The van der Waals surface area contributed by atoms with Crippen molar-refractivity contribution in [2.75, 3.05) is 5.73 Å². The van der Waals surface area contributed by atoms with Crippen molar-refractivity contribution >= 4 is 39.1 Å². The first kappa shape index (κ1) is 12.9. The van der Waals surface area contributed by atoms with E-state index in [1.807, 2.05) is 24.3 Å². The third-order valence-electron chi connectivity index (χ3n) is 2.26. The molecule has 0 saturated carbocycles. The normalized spacial score (nSPS) is 10.3. The number of anilines is 1. The first-order chi connectivity index (χ1) is 8.58. The molecule has 18 heavy (non-hydrogen) atoms. The van der Waals surface area contributed by atoms with Crippen molar-refractivity contribution in [1.29, 1.82) is 0 Å². The fourth-order valence-corrected chi connectivity index (χ4v) is 2.78. The highest BCUT2D eigenvalue weighted by molar-refractivity contribution is 9.10. The molecule has 2 N–H and O–H groups in total. The summed E-state index contributed by atoms with van der Waals surface area (Å²) in [6.07, 6.45) is 0. The number of nitrogen functional groups attached to an aromatic ring is 1. The zero-order chi connectivity index (χ0) is 13.1. The zero-order valence-corrected chi connectivity index (χ0v) is 11.6. The molecular weight excluding hydrogens is 316 g/mol. The van der Waals surface area contributed by atoms with Gasteiger partial charge in [0, 0.05) is 26.4 Å². The van der Waals surface area contributed by atoms with E-state index in [4.69, 9.17) is 5.73 Å². The highest BCUT2D eigenvalue weighted by Crippen LogP contribution is 2.37. The van der Waals surface area contributed by atoms with Gasteiger partial charge in [-0.15, -0.1) is 0 Å². The summed E-state index contributed by atoms with van der Waals surface area (Å²) >= 11 is 4.91. The molecule has 0 amide bonds. The molecule has 92 valence electrons. The topological polar surface area (TPSA) is 69.2 Å². The van der Waals surface area contributed by atoms with Gasteiger partial charge in [-0.3, -0.25) is 10.1 Å². The Hall–Kier alpha value is -1.53. The lowest BCUT2D eigenvalue weighted by molar-refractivity contribution is -0.384. The van der Waals surface area contributed by atoms with E-state index in [1.54, 1.807) is 6.07 Å². The van der Waals surface area contributed by atoms with Crippen LogP contribution in [0.1, 0.15) is 0 Å². The van der Waals surface area contributed by atoms with Gasteiger partial charge in [-0.1, -0.05) is 23.9 Å². The SMILES string of the molecule is Nc1cc([N+](=O)[O-])ccc1Sc1ccccc1Br. The second-order valence-electron chi connectivity index (χ2n) is 3.51. The highest BCUT2D eigenvalue weighted by atomic mass is 79.9. The molecule has 0 radical (unpaired) electrons. The monoisotopic (exact) mass is 324 g/mol. The fourth-order valence-electron chi connectivity index (χ4n) is 1.39. The molecule has 0 spiro atoms. The van der Waals surface area contributed by atoms with Crippen molar-refractivity contribution in [3.63, 3.8) is 0 Å². The summed E-state index contributed by atoms with van der Waals surface area (Å²) in [6.45, 7) is 0. The number of nitrogens with zero attached hydrogens (tertiary/aromatic N) is 1. The minimum Gasteiger partial charge on any atom is -0.398 e. The van der Waals surface area contributed by atoms with Crippen LogP contribution in [0.4, 0.5) is 11.4 Å². The van der Waals surface area contributed by atoms with Crippen LogP contribution in [0.3, 0.4) is 0 Å². The quantitative estimate of drug-likeness (QED) is 0.524. The van der Waals surface area contributed by atoms with E-state index >= 15 is 0 Å². The van der Waals surface area contributed by atoms with Gasteiger partial charge in [0.15, 0.2) is 0 Å². The van der Waals surface area contributed by atoms with E-state index in [1.165, 1.54) is 23.9 Å². The molecule has 0 aliphatic carbocycles. The Bertz CT molecular complexity index is 604. The maximum absolute atomic E-state index is 10.6. The van der Waals surface area contributed by atoms with Crippen molar-refractivity contribution in [3.05, 3.63) is 57.1 Å². The van der Waals surface area contributed by atoms with Crippen molar-refractivity contribution in [1.82, 2.24) is 0 Å². The Morgan fingerprint density at radius 3 is 2.50 bits per heavy atom. The van der Waals surface area contributed by atoms with Crippen LogP contribution < -0.4 is 5.73 Å². The Kier molecular flexibility index (Phi) is 3.88. The molecule has 0 aromatic heterocycles. The van der Waals surface area contributed by atoms with Gasteiger partial charge in [0.1, 0.15) is 0 Å². The van der Waals surface area contributed by atoms with E-state index in [9.17, 15) is 10.1 Å². The molecular formula is C12H9BrN2O2S.